The van der Waals surface area contributed by atoms with E-state index in [2.05, 4.69) is 0 Å². The predicted molar refractivity (Wildman–Crippen MR) is 111 cm³/mol. The third kappa shape index (κ3) is 4.42. The molecule has 0 aliphatic carbocycles. The number of fused-ring (bicyclic) bond motifs is 1. The summed E-state index contributed by atoms with van der Waals surface area (Å²) in [5, 5.41) is 0. The quantitative estimate of drug-likeness (QED) is 0.498. The van der Waals surface area contributed by atoms with Gasteiger partial charge in [-0.25, -0.2) is 13.2 Å². The number of nitrogens with zero attached hydrogens (tertiary/aromatic N) is 1. The Bertz CT molecular complexity index is 1120. The van der Waals surface area contributed by atoms with E-state index in [0.29, 0.717) is 35.7 Å². The monoisotopic (exact) mass is 445 g/mol. The van der Waals surface area contributed by atoms with Crippen molar-refractivity contribution in [3.05, 3.63) is 53.1 Å². The van der Waals surface area contributed by atoms with Crippen LogP contribution in [0.25, 0.3) is 0 Å². The molecule has 2 aliphatic rings. The summed E-state index contributed by atoms with van der Waals surface area (Å²) in [5.74, 6) is -0.150. The molecule has 2 aromatic carbocycles. The van der Waals surface area contributed by atoms with E-state index in [1.54, 1.807) is 25.1 Å². The number of hydrogen-bond acceptors (Lipinski definition) is 7. The lowest BCUT2D eigenvalue weighted by atomic mass is 10.1. The van der Waals surface area contributed by atoms with Crippen molar-refractivity contribution in [1.82, 2.24) is 4.31 Å². The molecule has 1 saturated heterocycles. The van der Waals surface area contributed by atoms with Gasteiger partial charge in [0.2, 0.25) is 16.8 Å². The van der Waals surface area contributed by atoms with Crippen molar-refractivity contribution in [2.75, 3.05) is 26.5 Å². The Morgan fingerprint density at radius 3 is 2.45 bits per heavy atom. The third-order valence-corrected chi connectivity index (χ3v) is 7.43. The highest BCUT2D eigenvalue weighted by atomic mass is 32.2. The summed E-state index contributed by atoms with van der Waals surface area (Å²) in [4.78, 5) is 25.0. The van der Waals surface area contributed by atoms with Gasteiger partial charge in [0.1, 0.15) is 0 Å². The highest BCUT2D eigenvalue weighted by Gasteiger charge is 2.28. The summed E-state index contributed by atoms with van der Waals surface area (Å²) in [7, 11) is -3.70. The first kappa shape index (κ1) is 21.3. The van der Waals surface area contributed by atoms with Crippen molar-refractivity contribution in [3.63, 3.8) is 0 Å². The maximum atomic E-state index is 13.0. The Labute approximate surface area is 180 Å². The average molecular weight is 445 g/mol. The molecule has 9 heteroatoms. The van der Waals surface area contributed by atoms with Gasteiger partial charge in [-0.1, -0.05) is 12.5 Å². The Hall–Kier alpha value is -2.91. The maximum absolute atomic E-state index is 13.0. The summed E-state index contributed by atoms with van der Waals surface area (Å²) < 4.78 is 43.1. The molecule has 0 saturated carbocycles. The zero-order valence-electron chi connectivity index (χ0n) is 17.1. The molecule has 8 nitrogen and oxygen atoms in total. The Morgan fingerprint density at radius 1 is 0.968 bits per heavy atom. The summed E-state index contributed by atoms with van der Waals surface area (Å²) in [5.41, 5.74) is 0.965. The minimum absolute atomic E-state index is 0.0830. The molecular formula is C22H23NO7S. The molecule has 1 fully saturated rings. The van der Waals surface area contributed by atoms with Gasteiger partial charge in [-0.3, -0.25) is 4.79 Å². The Kier molecular flexibility index (Phi) is 5.97. The van der Waals surface area contributed by atoms with Crippen molar-refractivity contribution in [2.24, 2.45) is 0 Å². The number of sulfonamides is 1. The molecule has 2 heterocycles. The average Bonchev–Trinajstić information content (AvgIpc) is 3.26. The van der Waals surface area contributed by atoms with Crippen molar-refractivity contribution in [1.29, 1.82) is 0 Å². The zero-order valence-corrected chi connectivity index (χ0v) is 17.9. The first-order valence-corrected chi connectivity index (χ1v) is 11.5. The summed E-state index contributed by atoms with van der Waals surface area (Å²) in [6.45, 7) is 2.26. The molecule has 4 rings (SSSR count). The minimum atomic E-state index is -3.70. The lowest BCUT2D eigenvalue weighted by Gasteiger charge is -2.26. The van der Waals surface area contributed by atoms with Gasteiger partial charge in [-0.15, -0.1) is 0 Å². The molecule has 164 valence electrons. The topological polar surface area (TPSA) is 99.2 Å². The number of carbonyl (C=O) groups excluding carboxylic acids is 2. The van der Waals surface area contributed by atoms with Gasteiger partial charge < -0.3 is 14.2 Å². The van der Waals surface area contributed by atoms with Gasteiger partial charge in [-0.05, 0) is 55.7 Å². The van der Waals surface area contributed by atoms with Crippen LogP contribution >= 0.6 is 0 Å². The molecule has 0 aromatic heterocycles. The fourth-order valence-electron chi connectivity index (χ4n) is 3.62. The minimum Gasteiger partial charge on any atom is -0.454 e. The molecule has 0 N–H and O–H groups in total. The maximum Gasteiger partial charge on any atom is 0.338 e. The van der Waals surface area contributed by atoms with E-state index in [9.17, 15) is 18.0 Å². The lowest BCUT2D eigenvalue weighted by molar-refractivity contribution is 0.0474. The van der Waals surface area contributed by atoms with Crippen molar-refractivity contribution in [3.8, 4) is 11.5 Å². The number of aryl methyl sites for hydroxylation is 1. The molecule has 0 unspecified atom stereocenters. The van der Waals surface area contributed by atoms with Crippen LogP contribution in [0.5, 0.6) is 11.5 Å². The second kappa shape index (κ2) is 8.68. The number of ether oxygens (including phenoxy) is 3. The molecule has 2 aliphatic heterocycles. The van der Waals surface area contributed by atoms with Crippen molar-refractivity contribution >= 4 is 21.8 Å². The fourth-order valence-corrected chi connectivity index (χ4v) is 5.38. The highest BCUT2D eigenvalue weighted by Crippen LogP contribution is 2.32. The molecule has 0 bridgehead atoms. The zero-order chi connectivity index (χ0) is 22.0. The number of piperidine rings is 1. The van der Waals surface area contributed by atoms with Crippen LogP contribution in [0.1, 0.15) is 45.5 Å². The van der Waals surface area contributed by atoms with Crippen LogP contribution in [0.4, 0.5) is 0 Å². The molecule has 0 radical (unpaired) electrons. The normalized spacial score (nSPS) is 16.2. The van der Waals surface area contributed by atoms with E-state index in [-0.39, 0.29) is 17.3 Å². The molecule has 0 atom stereocenters. The van der Waals surface area contributed by atoms with Gasteiger partial charge in [0.15, 0.2) is 23.9 Å². The highest BCUT2D eigenvalue weighted by molar-refractivity contribution is 7.89. The van der Waals surface area contributed by atoms with Crippen LogP contribution in [0.3, 0.4) is 0 Å². The van der Waals surface area contributed by atoms with Crippen LogP contribution < -0.4 is 9.47 Å². The van der Waals surface area contributed by atoms with Crippen molar-refractivity contribution in [2.45, 2.75) is 31.1 Å². The number of hydrogen-bond donors (Lipinski definition) is 0. The second-order valence-electron chi connectivity index (χ2n) is 7.51. The van der Waals surface area contributed by atoms with Gasteiger partial charge in [-0.2, -0.15) is 4.31 Å². The summed E-state index contributed by atoms with van der Waals surface area (Å²) in [6.07, 6.45) is 2.65. The number of benzene rings is 2. The molecule has 2 aromatic rings. The Balaban J connectivity index is 1.46. The van der Waals surface area contributed by atoms with Gasteiger partial charge in [0.25, 0.3) is 0 Å². The van der Waals surface area contributed by atoms with E-state index in [4.69, 9.17) is 14.2 Å². The molecule has 31 heavy (non-hydrogen) atoms. The lowest BCUT2D eigenvalue weighted by Crippen LogP contribution is -2.36. The van der Waals surface area contributed by atoms with Crippen LogP contribution in [-0.2, 0) is 14.8 Å². The predicted octanol–water partition coefficient (Wildman–Crippen LogP) is 2.94. The fraction of sp³-hybridized carbons (Fsp3) is 0.364. The van der Waals surface area contributed by atoms with Gasteiger partial charge >= 0.3 is 5.97 Å². The summed E-state index contributed by atoms with van der Waals surface area (Å²) in [6, 6.07) is 9.12. The molecular weight excluding hydrogens is 422 g/mol. The number of esters is 1. The van der Waals surface area contributed by atoms with Crippen LogP contribution in [-0.4, -0.2) is 51.0 Å². The standard InChI is InChI=1S/C22H23NO7S/c1-15-5-6-17(12-21(15)31(26,27)23-9-3-2-4-10-23)22(25)28-13-18(24)16-7-8-19-20(11-16)30-14-29-19/h5-8,11-12H,2-4,9-10,13-14H2,1H3. The largest absolute Gasteiger partial charge is 0.454 e. The van der Waals surface area contributed by atoms with Gasteiger partial charge in [0.05, 0.1) is 10.5 Å². The number of Topliss-reactive ketones (excluding diaryl/α,β-unsaturated/α-hetero) is 1. The van der Waals surface area contributed by atoms with Crippen molar-refractivity contribution < 1.29 is 32.2 Å². The van der Waals surface area contributed by atoms with E-state index in [0.717, 1.165) is 19.3 Å². The van der Waals surface area contributed by atoms with E-state index < -0.39 is 28.4 Å². The SMILES string of the molecule is Cc1ccc(C(=O)OCC(=O)c2ccc3c(c2)OCO3)cc1S(=O)(=O)N1CCCCC1. The van der Waals surface area contributed by atoms with Gasteiger partial charge in [0, 0.05) is 18.7 Å². The molecule has 0 spiro atoms. The Morgan fingerprint density at radius 2 is 1.68 bits per heavy atom. The van der Waals surface area contributed by atoms with E-state index in [1.165, 1.54) is 22.5 Å². The third-order valence-electron chi connectivity index (χ3n) is 5.39. The number of rotatable bonds is 6. The second-order valence-corrected chi connectivity index (χ2v) is 9.42. The first-order chi connectivity index (χ1) is 14.9. The number of carbonyl (C=O) groups is 2. The van der Waals surface area contributed by atoms with Crippen LogP contribution in [0.15, 0.2) is 41.3 Å². The number of ketones is 1. The van der Waals surface area contributed by atoms with E-state index in [1.807, 2.05) is 0 Å². The molecule has 0 amide bonds. The smallest absolute Gasteiger partial charge is 0.338 e. The van der Waals surface area contributed by atoms with E-state index >= 15 is 0 Å². The summed E-state index contributed by atoms with van der Waals surface area (Å²) >= 11 is 0. The van der Waals surface area contributed by atoms with Crippen LogP contribution in [0, 0.1) is 6.92 Å². The first-order valence-electron chi connectivity index (χ1n) is 10.1. The van der Waals surface area contributed by atoms with Crippen LogP contribution in [0.2, 0.25) is 0 Å².